The Hall–Kier alpha value is -0.740. The topological polar surface area (TPSA) is 20.2 Å². The van der Waals surface area contributed by atoms with Gasteiger partial charge in [0.2, 0.25) is 0 Å². The fourth-order valence-corrected chi connectivity index (χ4v) is 2.01. The maximum atomic E-state index is 13.2. The van der Waals surface area contributed by atoms with Crippen LogP contribution >= 0.6 is 11.6 Å². The highest BCUT2D eigenvalue weighted by atomic mass is 35.5. The SMILES string of the molecule is CC(C)(C)C(O)(c1ccccc1Cl)C(F)(F)F. The number of rotatable bonds is 1. The van der Waals surface area contributed by atoms with Gasteiger partial charge in [-0.2, -0.15) is 13.2 Å². The second-order valence-electron chi connectivity index (χ2n) is 4.94. The van der Waals surface area contributed by atoms with E-state index in [0.717, 1.165) is 0 Å². The van der Waals surface area contributed by atoms with Crippen molar-refractivity contribution in [3.8, 4) is 0 Å². The summed E-state index contributed by atoms with van der Waals surface area (Å²) in [5.74, 6) is 0. The Morgan fingerprint density at radius 3 is 1.88 bits per heavy atom. The van der Waals surface area contributed by atoms with Crippen LogP contribution in [0.15, 0.2) is 24.3 Å². The van der Waals surface area contributed by atoms with Gasteiger partial charge in [-0.3, -0.25) is 0 Å². The molecule has 96 valence electrons. The number of aliphatic hydroxyl groups is 1. The minimum Gasteiger partial charge on any atom is -0.376 e. The average Bonchev–Trinajstić information content (AvgIpc) is 2.13. The molecule has 1 N–H and O–H groups in total. The lowest BCUT2D eigenvalue weighted by Gasteiger charge is -2.42. The Bertz CT molecular complexity index is 393. The monoisotopic (exact) mass is 266 g/mol. The number of halogens is 4. The molecule has 1 aromatic rings. The van der Waals surface area contributed by atoms with Gasteiger partial charge in [0, 0.05) is 16.0 Å². The van der Waals surface area contributed by atoms with Gasteiger partial charge in [-0.25, -0.2) is 0 Å². The molecule has 1 aromatic carbocycles. The molecular weight excluding hydrogens is 253 g/mol. The maximum absolute atomic E-state index is 13.2. The van der Waals surface area contributed by atoms with Gasteiger partial charge in [0.25, 0.3) is 0 Å². The van der Waals surface area contributed by atoms with Crippen LogP contribution in [0.5, 0.6) is 0 Å². The molecule has 0 saturated heterocycles. The Morgan fingerprint density at radius 1 is 1.06 bits per heavy atom. The Labute approximate surface area is 103 Å². The van der Waals surface area contributed by atoms with E-state index in [9.17, 15) is 18.3 Å². The number of alkyl halides is 3. The summed E-state index contributed by atoms with van der Waals surface area (Å²) in [6.07, 6.45) is -4.80. The van der Waals surface area contributed by atoms with Crippen molar-refractivity contribution in [2.24, 2.45) is 5.41 Å². The van der Waals surface area contributed by atoms with Crippen molar-refractivity contribution in [3.63, 3.8) is 0 Å². The summed E-state index contributed by atoms with van der Waals surface area (Å²) in [6.45, 7) is 3.97. The lowest BCUT2D eigenvalue weighted by atomic mass is 9.71. The third-order valence-corrected chi connectivity index (χ3v) is 3.09. The first-order valence-corrected chi connectivity index (χ1v) is 5.43. The Morgan fingerprint density at radius 2 is 1.53 bits per heavy atom. The van der Waals surface area contributed by atoms with Crippen molar-refractivity contribution >= 4 is 11.6 Å². The molecule has 1 rings (SSSR count). The van der Waals surface area contributed by atoms with E-state index in [4.69, 9.17) is 11.6 Å². The minimum atomic E-state index is -4.80. The smallest absolute Gasteiger partial charge is 0.376 e. The van der Waals surface area contributed by atoms with Gasteiger partial charge >= 0.3 is 6.18 Å². The Balaban J connectivity index is 3.53. The molecule has 0 saturated carbocycles. The standard InChI is InChI=1S/C12H14ClF3O/c1-10(2,3)11(17,12(14,15)16)8-6-4-5-7-9(8)13/h4-7,17H,1-3H3. The lowest BCUT2D eigenvalue weighted by molar-refractivity contribution is -0.302. The molecule has 0 aromatic heterocycles. The average molecular weight is 267 g/mol. The number of hydrogen-bond donors (Lipinski definition) is 1. The van der Waals surface area contributed by atoms with Crippen molar-refractivity contribution in [1.29, 1.82) is 0 Å². The van der Waals surface area contributed by atoms with Gasteiger partial charge in [0.05, 0.1) is 0 Å². The van der Waals surface area contributed by atoms with E-state index in [1.54, 1.807) is 0 Å². The molecular formula is C12H14ClF3O. The summed E-state index contributed by atoms with van der Waals surface area (Å²) >= 11 is 5.76. The lowest BCUT2D eigenvalue weighted by Crippen LogP contribution is -2.52. The van der Waals surface area contributed by atoms with Gasteiger partial charge in [0.15, 0.2) is 5.60 Å². The van der Waals surface area contributed by atoms with E-state index in [0.29, 0.717) is 0 Å². The first kappa shape index (κ1) is 14.3. The zero-order valence-corrected chi connectivity index (χ0v) is 10.5. The van der Waals surface area contributed by atoms with Crippen molar-refractivity contribution in [1.82, 2.24) is 0 Å². The normalized spacial score (nSPS) is 16.7. The highest BCUT2D eigenvalue weighted by Crippen LogP contribution is 2.52. The molecule has 5 heteroatoms. The predicted octanol–water partition coefficient (Wildman–Crippen LogP) is 4.14. The van der Waals surface area contributed by atoms with Gasteiger partial charge in [-0.1, -0.05) is 50.6 Å². The quantitative estimate of drug-likeness (QED) is 0.810. The van der Waals surface area contributed by atoms with Crippen LogP contribution in [-0.2, 0) is 5.60 Å². The molecule has 1 atom stereocenters. The fourth-order valence-electron chi connectivity index (χ4n) is 1.74. The molecule has 17 heavy (non-hydrogen) atoms. The summed E-state index contributed by atoms with van der Waals surface area (Å²) in [7, 11) is 0. The molecule has 1 nitrogen and oxygen atoms in total. The van der Waals surface area contributed by atoms with Gasteiger partial charge in [-0.05, 0) is 6.07 Å². The van der Waals surface area contributed by atoms with E-state index in [2.05, 4.69) is 0 Å². The van der Waals surface area contributed by atoms with E-state index in [-0.39, 0.29) is 10.6 Å². The third kappa shape index (κ3) is 2.29. The van der Waals surface area contributed by atoms with E-state index in [1.807, 2.05) is 0 Å². The largest absolute Gasteiger partial charge is 0.422 e. The molecule has 0 spiro atoms. The van der Waals surface area contributed by atoms with Crippen LogP contribution in [0.4, 0.5) is 13.2 Å². The molecule has 0 aliphatic heterocycles. The summed E-state index contributed by atoms with van der Waals surface area (Å²) in [4.78, 5) is 0. The second-order valence-corrected chi connectivity index (χ2v) is 5.35. The van der Waals surface area contributed by atoms with E-state index >= 15 is 0 Å². The van der Waals surface area contributed by atoms with E-state index in [1.165, 1.54) is 45.0 Å². The third-order valence-electron chi connectivity index (χ3n) is 2.76. The highest BCUT2D eigenvalue weighted by Gasteiger charge is 2.62. The van der Waals surface area contributed by atoms with Crippen LogP contribution in [0.25, 0.3) is 0 Å². The number of benzene rings is 1. The van der Waals surface area contributed by atoms with Gasteiger partial charge in [-0.15, -0.1) is 0 Å². The molecule has 0 heterocycles. The molecule has 0 aliphatic carbocycles. The van der Waals surface area contributed by atoms with Crippen molar-refractivity contribution in [2.75, 3.05) is 0 Å². The van der Waals surface area contributed by atoms with Crippen LogP contribution in [0.2, 0.25) is 5.02 Å². The van der Waals surface area contributed by atoms with Crippen LogP contribution < -0.4 is 0 Å². The van der Waals surface area contributed by atoms with Crippen LogP contribution in [0.3, 0.4) is 0 Å². The molecule has 0 bridgehead atoms. The minimum absolute atomic E-state index is 0.0951. The zero-order chi connectivity index (χ0) is 13.5. The van der Waals surface area contributed by atoms with Crippen molar-refractivity contribution in [3.05, 3.63) is 34.9 Å². The summed E-state index contributed by atoms with van der Waals surface area (Å²) < 4.78 is 39.5. The predicted molar refractivity (Wildman–Crippen MR) is 60.9 cm³/mol. The molecule has 0 amide bonds. The molecule has 0 aliphatic rings. The van der Waals surface area contributed by atoms with Gasteiger partial charge < -0.3 is 5.11 Å². The fraction of sp³-hybridized carbons (Fsp3) is 0.500. The first-order chi connectivity index (χ1) is 7.52. The zero-order valence-electron chi connectivity index (χ0n) is 9.77. The van der Waals surface area contributed by atoms with Crippen LogP contribution in [0.1, 0.15) is 26.3 Å². The first-order valence-electron chi connectivity index (χ1n) is 5.06. The second kappa shape index (κ2) is 4.18. The summed E-state index contributed by atoms with van der Waals surface area (Å²) in [5.41, 5.74) is -4.71. The Kier molecular flexibility index (Phi) is 3.52. The molecule has 0 radical (unpaired) electrons. The van der Waals surface area contributed by atoms with Crippen molar-refractivity contribution < 1.29 is 18.3 Å². The maximum Gasteiger partial charge on any atom is 0.422 e. The molecule has 0 fully saturated rings. The summed E-state index contributed by atoms with van der Waals surface area (Å²) in [5, 5.41) is 10.0. The number of hydrogen-bond acceptors (Lipinski definition) is 1. The van der Waals surface area contributed by atoms with Crippen LogP contribution in [0, 0.1) is 5.41 Å². The summed E-state index contributed by atoms with van der Waals surface area (Å²) in [6, 6.07) is 5.47. The highest BCUT2D eigenvalue weighted by molar-refractivity contribution is 6.31. The van der Waals surface area contributed by atoms with Crippen LogP contribution in [-0.4, -0.2) is 11.3 Å². The van der Waals surface area contributed by atoms with Crippen molar-refractivity contribution in [2.45, 2.75) is 32.5 Å². The molecule has 1 unspecified atom stereocenters. The van der Waals surface area contributed by atoms with Gasteiger partial charge in [0.1, 0.15) is 0 Å². The van der Waals surface area contributed by atoms with E-state index < -0.39 is 17.2 Å².